The average molecular weight is 385 g/mol. The molecule has 0 saturated carbocycles. The summed E-state index contributed by atoms with van der Waals surface area (Å²) < 4.78 is 10.6. The molecule has 0 saturated heterocycles. The Morgan fingerprint density at radius 2 is 1.89 bits per heavy atom. The summed E-state index contributed by atoms with van der Waals surface area (Å²) >= 11 is 0. The molecule has 2 aromatic carbocycles. The summed E-state index contributed by atoms with van der Waals surface area (Å²) in [5.41, 5.74) is 5.82. The van der Waals surface area contributed by atoms with Crippen LogP contribution < -0.4 is 4.74 Å². The lowest BCUT2D eigenvalue weighted by Gasteiger charge is -2.17. The molecular formula is C24H32O4. The number of rotatable bonds is 9. The molecule has 0 spiro atoms. The maximum atomic E-state index is 11.6. The largest absolute Gasteiger partial charge is 0.508 e. The van der Waals surface area contributed by atoms with Gasteiger partial charge >= 0.3 is 5.97 Å². The molecule has 0 bridgehead atoms. The van der Waals surface area contributed by atoms with E-state index in [1.807, 2.05) is 18.2 Å². The molecule has 0 aliphatic carbocycles. The normalized spacial score (nSPS) is 10.9. The van der Waals surface area contributed by atoms with Crippen LogP contribution in [-0.4, -0.2) is 24.3 Å². The fourth-order valence-electron chi connectivity index (χ4n) is 3.41. The fraction of sp³-hybridized carbons (Fsp3) is 0.458. The summed E-state index contributed by atoms with van der Waals surface area (Å²) in [6.45, 7) is 10.5. The molecule has 1 N–H and O–H groups in total. The highest BCUT2D eigenvalue weighted by Crippen LogP contribution is 2.30. The van der Waals surface area contributed by atoms with Crippen LogP contribution >= 0.6 is 0 Å². The highest BCUT2D eigenvalue weighted by atomic mass is 16.6. The number of esters is 1. The van der Waals surface area contributed by atoms with Gasteiger partial charge in [-0.05, 0) is 78.6 Å². The standard InChI is InChI=1S/C24H32O4/c1-6-8-19-14-20(28-15-24(26)27-7-2)11-17(5)22(19)13-18-9-10-23(25)21(12-18)16(3)4/h9-12,14,16,25H,6-8,13,15H2,1-5H3. The van der Waals surface area contributed by atoms with Crippen LogP contribution in [0.2, 0.25) is 0 Å². The highest BCUT2D eigenvalue weighted by Gasteiger charge is 2.13. The van der Waals surface area contributed by atoms with Crippen molar-refractivity contribution < 1.29 is 19.4 Å². The molecule has 0 radical (unpaired) electrons. The minimum atomic E-state index is -0.355. The zero-order valence-corrected chi connectivity index (χ0v) is 17.7. The first-order chi connectivity index (χ1) is 13.3. The Morgan fingerprint density at radius 3 is 2.54 bits per heavy atom. The van der Waals surface area contributed by atoms with Gasteiger partial charge in [0.05, 0.1) is 6.61 Å². The number of hydrogen-bond donors (Lipinski definition) is 1. The molecule has 0 unspecified atom stereocenters. The molecule has 4 heteroatoms. The third-order valence-corrected chi connectivity index (χ3v) is 4.82. The van der Waals surface area contributed by atoms with Crippen molar-refractivity contribution in [2.75, 3.05) is 13.2 Å². The molecule has 0 heterocycles. The predicted molar refractivity (Wildman–Crippen MR) is 112 cm³/mol. The van der Waals surface area contributed by atoms with Crippen molar-refractivity contribution >= 4 is 5.97 Å². The molecule has 2 rings (SSSR count). The Balaban J connectivity index is 2.28. The monoisotopic (exact) mass is 384 g/mol. The molecule has 0 aromatic heterocycles. The van der Waals surface area contributed by atoms with E-state index in [0.717, 1.165) is 30.4 Å². The minimum absolute atomic E-state index is 0.0755. The second kappa shape index (κ2) is 10.2. The van der Waals surface area contributed by atoms with Gasteiger partial charge in [0, 0.05) is 0 Å². The van der Waals surface area contributed by atoms with Gasteiger partial charge in [0.15, 0.2) is 6.61 Å². The van der Waals surface area contributed by atoms with Crippen LogP contribution in [0, 0.1) is 6.92 Å². The van der Waals surface area contributed by atoms with Gasteiger partial charge < -0.3 is 14.6 Å². The third-order valence-electron chi connectivity index (χ3n) is 4.82. The van der Waals surface area contributed by atoms with E-state index >= 15 is 0 Å². The van der Waals surface area contributed by atoms with Crippen molar-refractivity contribution in [2.45, 2.75) is 59.8 Å². The van der Waals surface area contributed by atoms with E-state index < -0.39 is 0 Å². The van der Waals surface area contributed by atoms with Gasteiger partial charge in [0.2, 0.25) is 0 Å². The van der Waals surface area contributed by atoms with Gasteiger partial charge in [0.25, 0.3) is 0 Å². The van der Waals surface area contributed by atoms with Crippen LogP contribution in [0.5, 0.6) is 11.5 Å². The molecule has 4 nitrogen and oxygen atoms in total. The van der Waals surface area contributed by atoms with Crippen LogP contribution in [0.4, 0.5) is 0 Å². The van der Waals surface area contributed by atoms with E-state index in [1.54, 1.807) is 13.0 Å². The van der Waals surface area contributed by atoms with Crippen molar-refractivity contribution in [2.24, 2.45) is 0 Å². The number of phenols is 1. The molecule has 152 valence electrons. The van der Waals surface area contributed by atoms with E-state index in [0.29, 0.717) is 18.1 Å². The van der Waals surface area contributed by atoms with Gasteiger partial charge in [-0.25, -0.2) is 4.79 Å². The average Bonchev–Trinajstić information content (AvgIpc) is 2.64. The second-order valence-corrected chi connectivity index (χ2v) is 7.45. The Labute approximate surface area is 168 Å². The van der Waals surface area contributed by atoms with Crippen molar-refractivity contribution in [1.82, 2.24) is 0 Å². The smallest absolute Gasteiger partial charge is 0.344 e. The molecule has 2 aromatic rings. The number of phenolic OH excluding ortho intramolecular Hbond substituents is 1. The van der Waals surface area contributed by atoms with Crippen LogP contribution in [0.15, 0.2) is 30.3 Å². The van der Waals surface area contributed by atoms with Crippen LogP contribution in [-0.2, 0) is 22.4 Å². The van der Waals surface area contributed by atoms with Crippen LogP contribution in [0.1, 0.15) is 67.9 Å². The number of hydrogen-bond acceptors (Lipinski definition) is 4. The van der Waals surface area contributed by atoms with Crippen molar-refractivity contribution in [3.63, 3.8) is 0 Å². The zero-order chi connectivity index (χ0) is 20.7. The van der Waals surface area contributed by atoms with Crippen LogP contribution in [0.3, 0.4) is 0 Å². The Kier molecular flexibility index (Phi) is 7.91. The zero-order valence-electron chi connectivity index (χ0n) is 17.7. The first kappa shape index (κ1) is 21.8. The summed E-state index contributed by atoms with van der Waals surface area (Å²) in [6.07, 6.45) is 2.78. The van der Waals surface area contributed by atoms with Crippen molar-refractivity contribution in [1.29, 1.82) is 0 Å². The molecule has 0 atom stereocenters. The summed E-state index contributed by atoms with van der Waals surface area (Å²) in [5, 5.41) is 10.1. The molecular weight excluding hydrogens is 352 g/mol. The Morgan fingerprint density at radius 1 is 1.14 bits per heavy atom. The van der Waals surface area contributed by atoms with Gasteiger partial charge in [-0.15, -0.1) is 0 Å². The number of benzene rings is 2. The Hall–Kier alpha value is -2.49. The first-order valence-electron chi connectivity index (χ1n) is 10.1. The summed E-state index contributed by atoms with van der Waals surface area (Å²) in [4.78, 5) is 11.6. The molecule has 0 aliphatic heterocycles. The number of aromatic hydroxyl groups is 1. The number of aryl methyl sites for hydroxylation is 2. The molecule has 0 amide bonds. The number of ether oxygens (including phenoxy) is 2. The lowest BCUT2D eigenvalue weighted by Crippen LogP contribution is -2.15. The summed E-state index contributed by atoms with van der Waals surface area (Å²) in [7, 11) is 0. The van der Waals surface area contributed by atoms with Crippen LogP contribution in [0.25, 0.3) is 0 Å². The SMILES string of the molecule is CCCc1cc(OCC(=O)OCC)cc(C)c1Cc1ccc(O)c(C(C)C)c1. The van der Waals surface area contributed by atoms with Gasteiger partial charge in [-0.2, -0.15) is 0 Å². The minimum Gasteiger partial charge on any atom is -0.508 e. The van der Waals surface area contributed by atoms with E-state index in [4.69, 9.17) is 9.47 Å². The predicted octanol–water partition coefficient (Wildman–Crippen LogP) is 5.31. The lowest BCUT2D eigenvalue weighted by atomic mass is 9.91. The lowest BCUT2D eigenvalue weighted by molar-refractivity contribution is -0.145. The van der Waals surface area contributed by atoms with E-state index in [9.17, 15) is 9.90 Å². The van der Waals surface area contributed by atoms with Gasteiger partial charge in [-0.3, -0.25) is 0 Å². The summed E-state index contributed by atoms with van der Waals surface area (Å²) in [6, 6.07) is 9.89. The highest BCUT2D eigenvalue weighted by molar-refractivity contribution is 5.71. The summed E-state index contributed by atoms with van der Waals surface area (Å²) in [5.74, 6) is 0.972. The van der Waals surface area contributed by atoms with Crippen molar-refractivity contribution in [3.05, 3.63) is 58.1 Å². The van der Waals surface area contributed by atoms with Crippen molar-refractivity contribution in [3.8, 4) is 11.5 Å². The molecule has 28 heavy (non-hydrogen) atoms. The van der Waals surface area contributed by atoms with E-state index in [2.05, 4.69) is 33.8 Å². The third kappa shape index (κ3) is 5.75. The maximum Gasteiger partial charge on any atom is 0.344 e. The second-order valence-electron chi connectivity index (χ2n) is 7.45. The van der Waals surface area contributed by atoms with Gasteiger partial charge in [0.1, 0.15) is 11.5 Å². The van der Waals surface area contributed by atoms with Gasteiger partial charge in [-0.1, -0.05) is 39.3 Å². The topological polar surface area (TPSA) is 55.8 Å². The Bertz CT molecular complexity index is 808. The molecule has 0 aliphatic rings. The molecule has 0 fully saturated rings. The quantitative estimate of drug-likeness (QED) is 0.595. The van der Waals surface area contributed by atoms with E-state index in [-0.39, 0.29) is 18.5 Å². The number of carbonyl (C=O) groups is 1. The van der Waals surface area contributed by atoms with E-state index in [1.165, 1.54) is 16.7 Å². The maximum absolute atomic E-state index is 11.6. The number of carbonyl (C=O) groups excluding carboxylic acids is 1. The first-order valence-corrected chi connectivity index (χ1v) is 10.1. The fourth-order valence-corrected chi connectivity index (χ4v) is 3.41.